The highest BCUT2D eigenvalue weighted by Crippen LogP contribution is 2.36. The number of amides is 1. The van der Waals surface area contributed by atoms with Crippen molar-refractivity contribution in [1.82, 2.24) is 0 Å². The Morgan fingerprint density at radius 2 is 2.00 bits per heavy atom. The van der Waals surface area contributed by atoms with E-state index in [1.54, 1.807) is 6.07 Å². The lowest BCUT2D eigenvalue weighted by atomic mass is 10.1. The molecule has 0 saturated heterocycles. The van der Waals surface area contributed by atoms with Crippen molar-refractivity contribution in [3.8, 4) is 17.4 Å². The second-order valence-electron chi connectivity index (χ2n) is 4.43. The van der Waals surface area contributed by atoms with Crippen LogP contribution >= 0.6 is 11.6 Å². The summed E-state index contributed by atoms with van der Waals surface area (Å²) in [5.74, 6) is -0.791. The quantitative estimate of drug-likeness (QED) is 0.677. The molecule has 23 heavy (non-hydrogen) atoms. The fourth-order valence-electron chi connectivity index (χ4n) is 1.77. The van der Waals surface area contributed by atoms with Crippen molar-refractivity contribution >= 4 is 23.6 Å². The first-order valence-corrected chi connectivity index (χ1v) is 6.48. The van der Waals surface area contributed by atoms with Gasteiger partial charge in [-0.2, -0.15) is 18.4 Å². The van der Waals surface area contributed by atoms with E-state index in [1.165, 1.54) is 12.1 Å². The minimum atomic E-state index is -4.52. The van der Waals surface area contributed by atoms with Crippen LogP contribution in [0.25, 0.3) is 17.4 Å². The standard InChI is InChI=1S/C15H8ClF3N2O2/c16-12-3-1-9(15(17,18)19)6-11(12)13-4-2-10(23-13)5-8(7-20)14(21)22/h1-6H,(H2,21,22)/b8-5-. The number of nitrogens with zero attached hydrogens (tertiary/aromatic N) is 1. The van der Waals surface area contributed by atoms with E-state index in [1.807, 2.05) is 0 Å². The van der Waals surface area contributed by atoms with E-state index in [2.05, 4.69) is 0 Å². The Kier molecular flexibility index (Phi) is 4.48. The number of benzene rings is 1. The van der Waals surface area contributed by atoms with Crippen LogP contribution in [0.1, 0.15) is 11.3 Å². The number of nitrogens with two attached hydrogens (primary N) is 1. The molecule has 2 N–H and O–H groups in total. The van der Waals surface area contributed by atoms with Crippen LogP contribution in [0.3, 0.4) is 0 Å². The molecular formula is C15H8ClF3N2O2. The SMILES string of the molecule is N#C/C(=C/c1ccc(-c2cc(C(F)(F)F)ccc2Cl)o1)C(N)=O. The molecule has 0 unspecified atom stereocenters. The number of hydrogen-bond donors (Lipinski definition) is 1. The molecule has 0 atom stereocenters. The number of hydrogen-bond acceptors (Lipinski definition) is 3. The Labute approximate surface area is 133 Å². The van der Waals surface area contributed by atoms with Crippen molar-refractivity contribution in [3.63, 3.8) is 0 Å². The Balaban J connectivity index is 2.46. The van der Waals surface area contributed by atoms with Gasteiger partial charge in [0.15, 0.2) is 0 Å². The zero-order valence-corrected chi connectivity index (χ0v) is 12.1. The fraction of sp³-hybridized carbons (Fsp3) is 0.0667. The third-order valence-corrected chi connectivity index (χ3v) is 3.19. The van der Waals surface area contributed by atoms with Crippen LogP contribution in [0.15, 0.2) is 40.3 Å². The number of carbonyl (C=O) groups excluding carboxylic acids is 1. The first kappa shape index (κ1) is 16.6. The van der Waals surface area contributed by atoms with Gasteiger partial charge in [-0.1, -0.05) is 11.6 Å². The number of carbonyl (C=O) groups is 1. The molecule has 0 saturated carbocycles. The van der Waals surface area contributed by atoms with E-state index in [0.29, 0.717) is 0 Å². The predicted octanol–water partition coefficient (Wildman–Crippen LogP) is 4.01. The Morgan fingerprint density at radius 3 is 2.57 bits per heavy atom. The predicted molar refractivity (Wildman–Crippen MR) is 76.9 cm³/mol. The minimum Gasteiger partial charge on any atom is -0.457 e. The molecule has 1 heterocycles. The van der Waals surface area contributed by atoms with Gasteiger partial charge in [-0.25, -0.2) is 0 Å². The summed E-state index contributed by atoms with van der Waals surface area (Å²) in [7, 11) is 0. The van der Waals surface area contributed by atoms with Crippen LogP contribution in [0.4, 0.5) is 13.2 Å². The molecule has 0 radical (unpaired) electrons. The molecule has 0 bridgehead atoms. The third kappa shape index (κ3) is 3.73. The lowest BCUT2D eigenvalue weighted by molar-refractivity contribution is -0.137. The molecule has 2 rings (SSSR count). The van der Waals surface area contributed by atoms with Gasteiger partial charge in [0.05, 0.1) is 10.6 Å². The maximum Gasteiger partial charge on any atom is 0.416 e. The Bertz CT molecular complexity index is 832. The Hall–Kier alpha value is -2.72. The molecule has 118 valence electrons. The highest BCUT2D eigenvalue weighted by atomic mass is 35.5. The van der Waals surface area contributed by atoms with Crippen molar-refractivity contribution in [3.05, 3.63) is 52.3 Å². The molecule has 0 aliphatic carbocycles. The summed E-state index contributed by atoms with van der Waals surface area (Å²) in [6.45, 7) is 0. The molecule has 0 spiro atoms. The van der Waals surface area contributed by atoms with E-state index >= 15 is 0 Å². The van der Waals surface area contributed by atoms with E-state index in [4.69, 9.17) is 27.0 Å². The largest absolute Gasteiger partial charge is 0.457 e. The first-order valence-electron chi connectivity index (χ1n) is 6.11. The monoisotopic (exact) mass is 340 g/mol. The van der Waals surface area contributed by atoms with Gasteiger partial charge in [-0.3, -0.25) is 4.79 Å². The van der Waals surface area contributed by atoms with Gasteiger partial charge in [0.2, 0.25) is 0 Å². The topological polar surface area (TPSA) is 80.0 Å². The van der Waals surface area contributed by atoms with Crippen LogP contribution in [-0.4, -0.2) is 5.91 Å². The number of rotatable bonds is 3. The van der Waals surface area contributed by atoms with Gasteiger partial charge >= 0.3 is 6.18 Å². The molecule has 8 heteroatoms. The van der Waals surface area contributed by atoms with Crippen LogP contribution in [0.2, 0.25) is 5.02 Å². The molecule has 1 aromatic heterocycles. The zero-order chi connectivity index (χ0) is 17.2. The van der Waals surface area contributed by atoms with Gasteiger partial charge in [0.25, 0.3) is 5.91 Å². The van der Waals surface area contributed by atoms with E-state index in [-0.39, 0.29) is 27.7 Å². The summed E-state index contributed by atoms with van der Waals surface area (Å²) in [4.78, 5) is 11.0. The molecule has 0 fully saturated rings. The lowest BCUT2D eigenvalue weighted by Crippen LogP contribution is -2.12. The number of furan rings is 1. The fourth-order valence-corrected chi connectivity index (χ4v) is 1.98. The third-order valence-electron chi connectivity index (χ3n) is 2.86. The summed E-state index contributed by atoms with van der Waals surface area (Å²) < 4.78 is 43.6. The number of alkyl halides is 3. The number of primary amides is 1. The average Bonchev–Trinajstić information content (AvgIpc) is 2.92. The van der Waals surface area contributed by atoms with Gasteiger partial charge in [-0.15, -0.1) is 0 Å². The summed E-state index contributed by atoms with van der Waals surface area (Å²) >= 11 is 5.90. The summed E-state index contributed by atoms with van der Waals surface area (Å²) in [5, 5.41) is 8.81. The van der Waals surface area contributed by atoms with E-state index < -0.39 is 17.6 Å². The average molecular weight is 341 g/mol. The van der Waals surface area contributed by atoms with Gasteiger partial charge in [0, 0.05) is 11.6 Å². The van der Waals surface area contributed by atoms with E-state index in [0.717, 1.165) is 24.3 Å². The molecule has 4 nitrogen and oxygen atoms in total. The molecule has 0 aliphatic rings. The van der Waals surface area contributed by atoms with Gasteiger partial charge in [-0.05, 0) is 30.3 Å². The molecule has 2 aromatic rings. The lowest BCUT2D eigenvalue weighted by Gasteiger charge is -2.09. The van der Waals surface area contributed by atoms with Crippen LogP contribution < -0.4 is 5.73 Å². The Morgan fingerprint density at radius 1 is 1.30 bits per heavy atom. The highest BCUT2D eigenvalue weighted by molar-refractivity contribution is 6.33. The second-order valence-corrected chi connectivity index (χ2v) is 4.84. The normalized spacial score (nSPS) is 12.0. The van der Waals surface area contributed by atoms with Crippen LogP contribution in [0, 0.1) is 11.3 Å². The van der Waals surface area contributed by atoms with Crippen molar-refractivity contribution in [1.29, 1.82) is 5.26 Å². The van der Waals surface area contributed by atoms with Gasteiger partial charge < -0.3 is 10.2 Å². The maximum atomic E-state index is 12.8. The first-order chi connectivity index (χ1) is 10.7. The highest BCUT2D eigenvalue weighted by Gasteiger charge is 2.31. The van der Waals surface area contributed by atoms with Crippen molar-refractivity contribution < 1.29 is 22.4 Å². The maximum absolute atomic E-state index is 12.8. The minimum absolute atomic E-state index is 0.0405. The van der Waals surface area contributed by atoms with Crippen LogP contribution in [-0.2, 0) is 11.0 Å². The summed E-state index contributed by atoms with van der Waals surface area (Å²) in [6, 6.07) is 7.18. The molecule has 1 amide bonds. The second kappa shape index (κ2) is 6.18. The molecule has 1 aromatic carbocycles. The molecular weight excluding hydrogens is 333 g/mol. The number of nitriles is 1. The van der Waals surface area contributed by atoms with Gasteiger partial charge in [0.1, 0.15) is 23.2 Å². The van der Waals surface area contributed by atoms with E-state index in [9.17, 15) is 18.0 Å². The zero-order valence-electron chi connectivity index (χ0n) is 11.3. The van der Waals surface area contributed by atoms with Crippen molar-refractivity contribution in [2.75, 3.05) is 0 Å². The van der Waals surface area contributed by atoms with Crippen molar-refractivity contribution in [2.45, 2.75) is 6.18 Å². The smallest absolute Gasteiger partial charge is 0.416 e. The summed E-state index contributed by atoms with van der Waals surface area (Å²) in [5.41, 5.74) is 3.81. The van der Waals surface area contributed by atoms with Crippen molar-refractivity contribution in [2.24, 2.45) is 5.73 Å². The molecule has 0 aliphatic heterocycles. The number of halogens is 4. The van der Waals surface area contributed by atoms with Crippen LogP contribution in [0.5, 0.6) is 0 Å². The summed E-state index contributed by atoms with van der Waals surface area (Å²) in [6.07, 6.45) is -3.43.